The lowest BCUT2D eigenvalue weighted by molar-refractivity contribution is 0.0951. The maximum absolute atomic E-state index is 12.4. The topological polar surface area (TPSA) is 66.5 Å². The summed E-state index contributed by atoms with van der Waals surface area (Å²) in [5, 5.41) is 2.86. The molecule has 0 saturated carbocycles. The summed E-state index contributed by atoms with van der Waals surface area (Å²) in [7, 11) is -0.723. The van der Waals surface area contributed by atoms with Crippen molar-refractivity contribution in [3.8, 4) is 0 Å². The van der Waals surface area contributed by atoms with E-state index in [1.165, 1.54) is 20.2 Å². The molecule has 1 amide bonds. The molecule has 5 nitrogen and oxygen atoms in total. The molecule has 0 bridgehead atoms. The van der Waals surface area contributed by atoms with Gasteiger partial charge in [-0.05, 0) is 45.6 Å². The van der Waals surface area contributed by atoms with Crippen LogP contribution >= 0.6 is 15.9 Å². The van der Waals surface area contributed by atoms with E-state index in [1.54, 1.807) is 12.1 Å². The molecule has 0 fully saturated rings. The molecule has 0 aromatic heterocycles. The number of benzene rings is 2. The number of nitrogens with zero attached hydrogens (tertiary/aromatic N) is 1. The van der Waals surface area contributed by atoms with E-state index in [2.05, 4.69) is 21.2 Å². The highest BCUT2D eigenvalue weighted by atomic mass is 79.9. The largest absolute Gasteiger partial charge is 0.351 e. The van der Waals surface area contributed by atoms with Gasteiger partial charge in [0, 0.05) is 30.7 Å². The minimum atomic E-state index is -3.63. The van der Waals surface area contributed by atoms with Gasteiger partial charge >= 0.3 is 0 Å². The monoisotopic (exact) mass is 424 g/mol. The predicted molar refractivity (Wildman–Crippen MR) is 102 cm³/mol. The molecule has 134 valence electrons. The Kier molecular flexibility index (Phi) is 6.37. The van der Waals surface area contributed by atoms with Crippen LogP contribution < -0.4 is 5.32 Å². The first-order valence-corrected chi connectivity index (χ1v) is 10.0. The van der Waals surface area contributed by atoms with Crippen molar-refractivity contribution in [1.29, 1.82) is 0 Å². The van der Waals surface area contributed by atoms with E-state index < -0.39 is 10.0 Å². The average Bonchev–Trinajstić information content (AvgIpc) is 2.60. The fraction of sp³-hybridized carbons (Fsp3) is 0.278. The Bertz CT molecular complexity index is 852. The number of sulfonamides is 1. The van der Waals surface area contributed by atoms with Crippen molar-refractivity contribution in [3.05, 3.63) is 64.1 Å². The van der Waals surface area contributed by atoms with Gasteiger partial charge < -0.3 is 5.32 Å². The summed E-state index contributed by atoms with van der Waals surface area (Å²) >= 11 is 3.24. The van der Waals surface area contributed by atoms with Crippen LogP contribution in [0.2, 0.25) is 0 Å². The molecule has 1 N–H and O–H groups in total. The second-order valence-corrected chi connectivity index (χ2v) is 8.93. The first-order chi connectivity index (χ1) is 11.7. The van der Waals surface area contributed by atoms with Crippen molar-refractivity contribution >= 4 is 31.9 Å². The van der Waals surface area contributed by atoms with E-state index in [0.29, 0.717) is 16.6 Å². The molecular weight excluding hydrogens is 404 g/mol. The molecule has 1 unspecified atom stereocenters. The van der Waals surface area contributed by atoms with Gasteiger partial charge in [-0.25, -0.2) is 12.7 Å². The molecule has 0 heterocycles. The number of rotatable bonds is 6. The molecule has 7 heteroatoms. The molecule has 0 aliphatic carbocycles. The first kappa shape index (κ1) is 19.6. The van der Waals surface area contributed by atoms with Gasteiger partial charge in [0.05, 0.1) is 4.90 Å². The smallest absolute Gasteiger partial charge is 0.251 e. The highest BCUT2D eigenvalue weighted by Gasteiger charge is 2.22. The van der Waals surface area contributed by atoms with Crippen LogP contribution in [-0.2, 0) is 10.0 Å². The van der Waals surface area contributed by atoms with Gasteiger partial charge in [0.1, 0.15) is 0 Å². The standard InChI is InChI=1S/C18H21BrN2O3S/c1-13(14-7-5-4-6-8-14)12-20-18(22)15-9-10-16(19)17(11-15)25(23,24)21(2)3/h4-11,13H,12H2,1-3H3,(H,20,22). The van der Waals surface area contributed by atoms with Crippen molar-refractivity contribution < 1.29 is 13.2 Å². The fourth-order valence-electron chi connectivity index (χ4n) is 2.29. The maximum Gasteiger partial charge on any atom is 0.251 e. The number of carbonyl (C=O) groups is 1. The first-order valence-electron chi connectivity index (χ1n) is 7.78. The predicted octanol–water partition coefficient (Wildman–Crippen LogP) is 3.23. The lowest BCUT2D eigenvalue weighted by Crippen LogP contribution is -2.28. The van der Waals surface area contributed by atoms with Gasteiger partial charge in [0.2, 0.25) is 10.0 Å². The Morgan fingerprint density at radius 3 is 2.40 bits per heavy atom. The molecule has 0 aliphatic heterocycles. The van der Waals surface area contributed by atoms with Crippen LogP contribution in [-0.4, -0.2) is 39.3 Å². The quantitative estimate of drug-likeness (QED) is 0.773. The van der Waals surface area contributed by atoms with Crippen LogP contribution in [0.3, 0.4) is 0 Å². The molecule has 0 radical (unpaired) electrons. The third-order valence-corrected chi connectivity index (χ3v) is 6.70. The molecule has 0 aliphatic rings. The summed E-state index contributed by atoms with van der Waals surface area (Å²) in [4.78, 5) is 12.5. The molecule has 0 spiro atoms. The summed E-state index contributed by atoms with van der Waals surface area (Å²) in [5.41, 5.74) is 1.44. The second kappa shape index (κ2) is 8.12. The number of amides is 1. The molecular formula is C18H21BrN2O3S. The van der Waals surface area contributed by atoms with E-state index >= 15 is 0 Å². The average molecular weight is 425 g/mol. The normalized spacial score (nSPS) is 12.8. The summed E-state index contributed by atoms with van der Waals surface area (Å²) in [6.45, 7) is 2.49. The van der Waals surface area contributed by atoms with E-state index in [9.17, 15) is 13.2 Å². The molecule has 2 aromatic carbocycles. The van der Waals surface area contributed by atoms with Crippen LogP contribution in [0.5, 0.6) is 0 Å². The van der Waals surface area contributed by atoms with E-state index in [4.69, 9.17) is 0 Å². The Morgan fingerprint density at radius 2 is 1.80 bits per heavy atom. The van der Waals surface area contributed by atoms with Gasteiger partial charge in [0.15, 0.2) is 0 Å². The van der Waals surface area contributed by atoms with E-state index in [-0.39, 0.29) is 16.7 Å². The summed E-state index contributed by atoms with van der Waals surface area (Å²) < 4.78 is 26.2. The number of hydrogen-bond donors (Lipinski definition) is 1. The lowest BCUT2D eigenvalue weighted by Gasteiger charge is -2.15. The number of halogens is 1. The van der Waals surface area contributed by atoms with Crippen molar-refractivity contribution in [1.82, 2.24) is 9.62 Å². The highest BCUT2D eigenvalue weighted by molar-refractivity contribution is 9.10. The molecule has 25 heavy (non-hydrogen) atoms. The summed E-state index contributed by atoms with van der Waals surface area (Å²) in [6.07, 6.45) is 0. The third-order valence-electron chi connectivity index (χ3n) is 3.89. The van der Waals surface area contributed by atoms with Crippen molar-refractivity contribution in [2.24, 2.45) is 0 Å². The van der Waals surface area contributed by atoms with Gasteiger partial charge in [-0.1, -0.05) is 37.3 Å². The minimum Gasteiger partial charge on any atom is -0.351 e. The van der Waals surface area contributed by atoms with Crippen LogP contribution in [0.1, 0.15) is 28.8 Å². The fourth-order valence-corrected chi connectivity index (χ4v) is 4.13. The zero-order valence-electron chi connectivity index (χ0n) is 14.4. The Labute approximate surface area is 157 Å². The van der Waals surface area contributed by atoms with Crippen molar-refractivity contribution in [2.75, 3.05) is 20.6 Å². The van der Waals surface area contributed by atoms with Crippen molar-refractivity contribution in [3.63, 3.8) is 0 Å². The molecule has 2 rings (SSSR count). The van der Waals surface area contributed by atoms with E-state index in [1.807, 2.05) is 37.3 Å². The highest BCUT2D eigenvalue weighted by Crippen LogP contribution is 2.25. The second-order valence-electron chi connectivity index (χ2n) is 5.95. The summed E-state index contributed by atoms with van der Waals surface area (Å²) in [6, 6.07) is 14.5. The van der Waals surface area contributed by atoms with Crippen LogP contribution in [0.25, 0.3) is 0 Å². The lowest BCUT2D eigenvalue weighted by atomic mass is 10.0. The SMILES string of the molecule is CC(CNC(=O)c1ccc(Br)c(S(=O)(=O)N(C)C)c1)c1ccccc1. The van der Waals surface area contributed by atoms with Crippen LogP contribution in [0, 0.1) is 0 Å². The molecule has 1 atom stereocenters. The maximum atomic E-state index is 12.4. The van der Waals surface area contributed by atoms with Gasteiger partial charge in [0.25, 0.3) is 5.91 Å². The van der Waals surface area contributed by atoms with Gasteiger partial charge in [-0.3, -0.25) is 4.79 Å². The zero-order chi connectivity index (χ0) is 18.6. The number of nitrogens with one attached hydrogen (secondary N) is 1. The van der Waals surface area contributed by atoms with Gasteiger partial charge in [-0.2, -0.15) is 0 Å². The minimum absolute atomic E-state index is 0.0706. The Morgan fingerprint density at radius 1 is 1.16 bits per heavy atom. The molecule has 0 saturated heterocycles. The van der Waals surface area contributed by atoms with Gasteiger partial charge in [-0.15, -0.1) is 0 Å². The number of carbonyl (C=O) groups excluding carboxylic acids is 1. The summed E-state index contributed by atoms with van der Waals surface area (Å²) in [5.74, 6) is -0.143. The van der Waals surface area contributed by atoms with Crippen LogP contribution in [0.15, 0.2) is 57.9 Å². The Hall–Kier alpha value is -1.70. The number of hydrogen-bond acceptors (Lipinski definition) is 3. The zero-order valence-corrected chi connectivity index (χ0v) is 16.8. The van der Waals surface area contributed by atoms with E-state index in [0.717, 1.165) is 9.87 Å². The third kappa shape index (κ3) is 4.68. The molecule has 2 aromatic rings. The Balaban J connectivity index is 2.15. The van der Waals surface area contributed by atoms with Crippen molar-refractivity contribution in [2.45, 2.75) is 17.7 Å². The van der Waals surface area contributed by atoms with Crippen LogP contribution in [0.4, 0.5) is 0 Å².